The molecule has 20 heteroatoms. The minimum Gasteiger partial charge on any atom is -0.377 e. The van der Waals surface area contributed by atoms with Crippen molar-refractivity contribution in [3.63, 3.8) is 0 Å². The molecule has 0 bridgehead atoms. The number of hydrogen-bond donors (Lipinski definition) is 3. The van der Waals surface area contributed by atoms with Crippen molar-refractivity contribution in [2.45, 2.75) is 44.1 Å². The van der Waals surface area contributed by atoms with Crippen molar-refractivity contribution in [1.29, 1.82) is 0 Å². The number of fused-ring (bicyclic) bond motifs is 2. The molecule has 1 atom stereocenters. The van der Waals surface area contributed by atoms with Crippen molar-refractivity contribution >= 4 is 78.1 Å². The molecule has 3 aliphatic rings. The fraction of sp³-hybridized carbons (Fsp3) is 0.388. The second-order valence-corrected chi connectivity index (χ2v) is 21.2. The summed E-state index contributed by atoms with van der Waals surface area (Å²) in [6.45, 7) is 9.97. The maximum atomic E-state index is 14.3. The zero-order valence-corrected chi connectivity index (χ0v) is 40.6. The summed E-state index contributed by atoms with van der Waals surface area (Å²) in [5, 5.41) is 21.5. The monoisotopic (exact) mass is 977 g/mol. The number of carbonyl (C=O) groups excluding carboxylic acids is 2. The van der Waals surface area contributed by atoms with Gasteiger partial charge in [-0.25, -0.2) is 22.8 Å². The van der Waals surface area contributed by atoms with Crippen molar-refractivity contribution in [2.75, 3.05) is 89.8 Å². The molecule has 0 spiro atoms. The van der Waals surface area contributed by atoms with Crippen LogP contribution in [0.1, 0.15) is 49.0 Å². The van der Waals surface area contributed by atoms with Crippen molar-refractivity contribution in [2.24, 2.45) is 5.41 Å². The first-order valence-electron chi connectivity index (χ1n) is 23.0. The van der Waals surface area contributed by atoms with Gasteiger partial charge in [0, 0.05) is 80.7 Å². The van der Waals surface area contributed by atoms with E-state index in [4.69, 9.17) is 21.3 Å². The van der Waals surface area contributed by atoms with Crippen LogP contribution in [0.3, 0.4) is 0 Å². The SMILES string of the molecule is CN(C)CC(=O)N1CCO[C@H](CNc2ccc(S(=O)(=O)NC(=O)c3ccc(N4CCN(CC5=C(c6ccc(Cl)cc6)CC(C)(C)CC5)CC4)cc3-n3ncc4nc5[nH]ccc5cc43)cc2[N+](=O)[O-])C1. The number of rotatable bonds is 14. The smallest absolute Gasteiger partial charge is 0.293 e. The van der Waals surface area contributed by atoms with Gasteiger partial charge in [-0.2, -0.15) is 5.10 Å². The number of hydrogen-bond acceptors (Lipinski definition) is 13. The van der Waals surface area contributed by atoms with Crippen molar-refractivity contribution in [1.82, 2.24) is 39.2 Å². The lowest BCUT2D eigenvalue weighted by Crippen LogP contribution is -2.50. The lowest BCUT2D eigenvalue weighted by molar-refractivity contribution is -0.384. The molecule has 0 radical (unpaired) electrons. The van der Waals surface area contributed by atoms with Gasteiger partial charge in [0.2, 0.25) is 5.91 Å². The van der Waals surface area contributed by atoms with Crippen LogP contribution in [0.2, 0.25) is 5.02 Å². The molecule has 5 heterocycles. The first-order chi connectivity index (χ1) is 33.0. The van der Waals surface area contributed by atoms with Gasteiger partial charge in [-0.15, -0.1) is 0 Å². The highest BCUT2D eigenvalue weighted by atomic mass is 35.5. The highest BCUT2D eigenvalue weighted by Crippen LogP contribution is 2.43. The van der Waals surface area contributed by atoms with Crippen LogP contribution in [0.15, 0.2) is 95.7 Å². The summed E-state index contributed by atoms with van der Waals surface area (Å²) >= 11 is 6.26. The van der Waals surface area contributed by atoms with E-state index in [2.05, 4.69) is 55.9 Å². The van der Waals surface area contributed by atoms with Crippen LogP contribution in [-0.2, 0) is 19.6 Å². The molecule has 2 fully saturated rings. The van der Waals surface area contributed by atoms with E-state index in [9.17, 15) is 28.1 Å². The first kappa shape index (κ1) is 47.7. The number of nitrogens with zero attached hydrogens (tertiary/aromatic N) is 8. The van der Waals surface area contributed by atoms with Crippen LogP contribution >= 0.6 is 11.6 Å². The molecule has 3 aromatic carbocycles. The van der Waals surface area contributed by atoms with E-state index >= 15 is 0 Å². The third kappa shape index (κ3) is 10.6. The molecule has 18 nitrogen and oxygen atoms in total. The molecule has 1 aliphatic carbocycles. The molecule has 0 saturated carbocycles. The number of morpholine rings is 1. The highest BCUT2D eigenvalue weighted by molar-refractivity contribution is 7.90. The number of nitrogens with one attached hydrogen (secondary N) is 3. The maximum Gasteiger partial charge on any atom is 0.293 e. The Morgan fingerprint density at radius 1 is 1.01 bits per heavy atom. The largest absolute Gasteiger partial charge is 0.377 e. The average molecular weight is 979 g/mol. The van der Waals surface area contributed by atoms with Crippen molar-refractivity contribution in [3.8, 4) is 5.69 Å². The zero-order valence-electron chi connectivity index (χ0n) is 39.1. The number of sulfonamides is 1. The number of aromatic nitrogens is 4. The number of ether oxygens (including phenoxy) is 1. The number of H-pyrrole nitrogens is 1. The van der Waals surface area contributed by atoms with Crippen LogP contribution in [0.25, 0.3) is 33.3 Å². The molecule has 2 saturated heterocycles. The molecule has 3 aromatic heterocycles. The van der Waals surface area contributed by atoms with Crippen LogP contribution in [0.4, 0.5) is 17.1 Å². The van der Waals surface area contributed by atoms with E-state index in [0.29, 0.717) is 48.6 Å². The Morgan fingerprint density at radius 3 is 2.55 bits per heavy atom. The molecular formula is C49H56ClN11O7S. The lowest BCUT2D eigenvalue weighted by atomic mass is 9.72. The van der Waals surface area contributed by atoms with E-state index < -0.39 is 37.5 Å². The molecule has 0 unspecified atom stereocenters. The Kier molecular flexibility index (Phi) is 13.5. The lowest BCUT2D eigenvalue weighted by Gasteiger charge is -2.39. The number of anilines is 2. The summed E-state index contributed by atoms with van der Waals surface area (Å²) in [5.74, 6) is -1.01. The number of amides is 2. The van der Waals surface area contributed by atoms with Gasteiger partial charge in [-0.05, 0) is 105 Å². The fourth-order valence-corrected chi connectivity index (χ4v) is 10.6. The molecule has 2 amide bonds. The second kappa shape index (κ2) is 19.6. The number of aromatic amines is 1. The Bertz CT molecular complexity index is 3070. The third-order valence-corrected chi connectivity index (χ3v) is 14.8. The van der Waals surface area contributed by atoms with Gasteiger partial charge in [0.25, 0.3) is 21.6 Å². The molecule has 9 rings (SSSR count). The standard InChI is InChI=1S/C49H56ClN11O7S/c1-49(2)15-13-34(40(26-49)32-5-7-35(50)8-6-32)29-57-17-19-58(20-18-57)36-9-11-39(43(24-36)60-44-23-33-14-16-51-47(33)54-42(44)28-53-60)48(63)55-69(66,67)38-10-12-41(45(25-38)61(64)65)52-27-37-30-59(21-22-68-37)46(62)31-56(3)4/h5-12,14,16,23-25,28,37,52H,13,15,17-22,26-27,29-31H2,1-4H3,(H,51,54)(H,55,63)/t37-/m1/s1. The Balaban J connectivity index is 0.946. The number of benzene rings is 3. The molecular weight excluding hydrogens is 922 g/mol. The number of carbonyl (C=O) groups is 2. The van der Waals surface area contributed by atoms with Crippen molar-refractivity contribution < 1.29 is 27.7 Å². The summed E-state index contributed by atoms with van der Waals surface area (Å²) < 4.78 is 37.5. The fourth-order valence-electron chi connectivity index (χ4n) is 9.48. The Morgan fingerprint density at radius 2 is 1.80 bits per heavy atom. The number of piperazine rings is 1. The second-order valence-electron chi connectivity index (χ2n) is 19.1. The van der Waals surface area contributed by atoms with Crippen LogP contribution in [0.5, 0.6) is 0 Å². The van der Waals surface area contributed by atoms with Gasteiger partial charge in [0.05, 0.1) is 52.0 Å². The van der Waals surface area contributed by atoms with Crippen LogP contribution in [-0.4, -0.2) is 145 Å². The van der Waals surface area contributed by atoms with Crippen LogP contribution in [0, 0.1) is 15.5 Å². The quantitative estimate of drug-likeness (QED) is 0.0782. The Hall–Kier alpha value is -6.38. The summed E-state index contributed by atoms with van der Waals surface area (Å²) in [4.78, 5) is 54.1. The van der Waals surface area contributed by atoms with E-state index in [1.165, 1.54) is 28.8 Å². The predicted molar refractivity (Wildman–Crippen MR) is 266 cm³/mol. The van der Waals surface area contributed by atoms with Gasteiger partial charge in [-0.3, -0.25) is 24.6 Å². The van der Waals surface area contributed by atoms with E-state index in [-0.39, 0.29) is 42.2 Å². The van der Waals surface area contributed by atoms with Gasteiger partial charge >= 0.3 is 0 Å². The molecule has 3 N–H and O–H groups in total. The summed E-state index contributed by atoms with van der Waals surface area (Å²) in [6, 6.07) is 20.6. The van der Waals surface area contributed by atoms with Gasteiger partial charge in [-0.1, -0.05) is 43.2 Å². The van der Waals surface area contributed by atoms with Gasteiger partial charge < -0.3 is 29.7 Å². The zero-order chi connectivity index (χ0) is 48.6. The molecule has 69 heavy (non-hydrogen) atoms. The third-order valence-electron chi connectivity index (χ3n) is 13.2. The number of nitro groups is 1. The van der Waals surface area contributed by atoms with E-state index in [1.807, 2.05) is 30.3 Å². The van der Waals surface area contributed by atoms with Crippen LogP contribution < -0.4 is 14.9 Å². The normalized spacial score (nSPS) is 18.0. The molecule has 6 aromatic rings. The van der Waals surface area contributed by atoms with Gasteiger partial charge in [0.1, 0.15) is 16.9 Å². The predicted octanol–water partition coefficient (Wildman–Crippen LogP) is 6.57. The molecule has 2 aliphatic heterocycles. The summed E-state index contributed by atoms with van der Waals surface area (Å²) in [7, 11) is -1.04. The summed E-state index contributed by atoms with van der Waals surface area (Å²) in [5.41, 5.74) is 6.84. The number of allylic oxidation sites excluding steroid dienone is 1. The topological polar surface area (TPSA) is 204 Å². The van der Waals surface area contributed by atoms with Crippen molar-refractivity contribution in [3.05, 3.63) is 117 Å². The van der Waals surface area contributed by atoms with E-state index in [1.54, 1.807) is 53.1 Å². The minimum atomic E-state index is -4.65. The summed E-state index contributed by atoms with van der Waals surface area (Å²) in [6.07, 6.45) is 6.08. The number of likely N-dealkylation sites (N-methyl/N-ethyl adjacent to an activating group) is 1. The van der Waals surface area contributed by atoms with Gasteiger partial charge in [0.15, 0.2) is 0 Å². The number of pyridine rings is 1. The number of halogens is 1. The number of nitro benzene ring substituents is 1. The van der Waals surface area contributed by atoms with E-state index in [0.717, 1.165) is 61.1 Å². The first-order valence-corrected chi connectivity index (χ1v) is 24.9. The average Bonchev–Trinajstić information content (AvgIpc) is 3.97. The minimum absolute atomic E-state index is 0.0143. The molecule has 362 valence electrons. The maximum absolute atomic E-state index is 14.3. The Labute approximate surface area is 405 Å². The highest BCUT2D eigenvalue weighted by Gasteiger charge is 2.31.